The number of piperazine rings is 1. The van der Waals surface area contributed by atoms with E-state index in [2.05, 4.69) is 41.3 Å². The minimum atomic E-state index is -0.169. The number of hydrogen-bond acceptors (Lipinski definition) is 5. The topological polar surface area (TPSA) is 66.1 Å². The van der Waals surface area contributed by atoms with Crippen LogP contribution in [-0.2, 0) is 4.74 Å². The molecule has 1 aromatic carbocycles. The Bertz CT molecular complexity index is 623. The number of ether oxygens (including phenoxy) is 2. The van der Waals surface area contributed by atoms with Crippen molar-refractivity contribution in [1.29, 1.82) is 0 Å². The average molecular weight is 405 g/mol. The zero-order valence-corrected chi connectivity index (χ0v) is 18.0. The first-order chi connectivity index (χ1) is 14.0. The quantitative estimate of drug-likeness (QED) is 0.697. The molecule has 2 heterocycles. The fraction of sp³-hybridized carbons (Fsp3) is 0.682. The van der Waals surface area contributed by atoms with E-state index in [1.54, 1.807) is 0 Å². The molecule has 2 aliphatic heterocycles. The molecular formula is C22H36N4O3. The average Bonchev–Trinajstić information content (AvgIpc) is 3.22. The highest BCUT2D eigenvalue weighted by molar-refractivity contribution is 5.89. The molecule has 2 saturated heterocycles. The van der Waals surface area contributed by atoms with Crippen LogP contribution in [0.3, 0.4) is 0 Å². The number of benzene rings is 1. The molecule has 1 aromatic rings. The fourth-order valence-corrected chi connectivity index (χ4v) is 3.91. The Morgan fingerprint density at radius 2 is 1.93 bits per heavy atom. The third kappa shape index (κ3) is 6.87. The summed E-state index contributed by atoms with van der Waals surface area (Å²) in [5.41, 5.74) is 0.757. The van der Waals surface area contributed by atoms with Crippen molar-refractivity contribution in [2.24, 2.45) is 5.92 Å². The normalized spacial score (nSPS) is 21.9. The highest BCUT2D eigenvalue weighted by atomic mass is 16.5. The standard InChI is InChI=1S/C22H36N4O3/c1-17(2)21(26-12-10-25(3)11-13-26)15-23-22(27)24-18-6-8-19(9-7-18)29-16-20-5-4-14-28-20/h6-9,17,20-21H,4-5,10-16H2,1-3H3,(H2,23,24,27). The molecule has 7 nitrogen and oxygen atoms in total. The van der Waals surface area contributed by atoms with Crippen LogP contribution in [0.25, 0.3) is 0 Å². The monoisotopic (exact) mass is 404 g/mol. The molecule has 7 heteroatoms. The summed E-state index contributed by atoms with van der Waals surface area (Å²) < 4.78 is 11.3. The molecule has 2 fully saturated rings. The number of likely N-dealkylation sites (N-methyl/N-ethyl adjacent to an activating group) is 1. The predicted octanol–water partition coefficient (Wildman–Crippen LogP) is 2.64. The Labute approximate surface area is 174 Å². The van der Waals surface area contributed by atoms with E-state index in [-0.39, 0.29) is 12.1 Å². The Balaban J connectivity index is 1.41. The van der Waals surface area contributed by atoms with Crippen molar-refractivity contribution in [3.8, 4) is 5.75 Å². The van der Waals surface area contributed by atoms with Crippen LogP contribution in [0.5, 0.6) is 5.75 Å². The number of urea groups is 1. The predicted molar refractivity (Wildman–Crippen MR) is 116 cm³/mol. The molecule has 3 rings (SSSR count). The lowest BCUT2D eigenvalue weighted by atomic mass is 10.0. The number of anilines is 1. The van der Waals surface area contributed by atoms with E-state index in [4.69, 9.17) is 9.47 Å². The van der Waals surface area contributed by atoms with E-state index in [1.807, 2.05) is 24.3 Å². The molecule has 0 aromatic heterocycles. The van der Waals surface area contributed by atoms with Crippen LogP contribution in [0.1, 0.15) is 26.7 Å². The highest BCUT2D eigenvalue weighted by Gasteiger charge is 2.25. The van der Waals surface area contributed by atoms with Gasteiger partial charge in [-0.2, -0.15) is 0 Å². The van der Waals surface area contributed by atoms with Crippen LogP contribution in [0.15, 0.2) is 24.3 Å². The lowest BCUT2D eigenvalue weighted by Crippen LogP contribution is -2.54. The van der Waals surface area contributed by atoms with Crippen LogP contribution in [-0.4, -0.2) is 81.0 Å². The molecule has 2 unspecified atom stereocenters. The molecule has 162 valence electrons. The zero-order valence-electron chi connectivity index (χ0n) is 18.0. The second kappa shape index (κ2) is 10.8. The molecule has 0 spiro atoms. The molecule has 0 radical (unpaired) electrons. The molecule has 2 amide bonds. The summed E-state index contributed by atoms with van der Waals surface area (Å²) in [6.45, 7) is 10.8. The second-order valence-electron chi connectivity index (χ2n) is 8.46. The first kappa shape index (κ1) is 21.9. The maximum absolute atomic E-state index is 12.4. The number of rotatable bonds is 8. The van der Waals surface area contributed by atoms with E-state index < -0.39 is 0 Å². The first-order valence-electron chi connectivity index (χ1n) is 10.8. The Kier molecular flexibility index (Phi) is 8.15. The van der Waals surface area contributed by atoms with Crippen LogP contribution in [0.4, 0.5) is 10.5 Å². The van der Waals surface area contributed by atoms with Crippen molar-refractivity contribution >= 4 is 11.7 Å². The fourth-order valence-electron chi connectivity index (χ4n) is 3.91. The van der Waals surface area contributed by atoms with Gasteiger partial charge in [-0.15, -0.1) is 0 Å². The minimum absolute atomic E-state index is 0.169. The van der Waals surface area contributed by atoms with Crippen molar-refractivity contribution in [2.45, 2.75) is 38.8 Å². The van der Waals surface area contributed by atoms with Gasteiger partial charge in [0.1, 0.15) is 12.4 Å². The van der Waals surface area contributed by atoms with Gasteiger partial charge in [0.2, 0.25) is 0 Å². The maximum Gasteiger partial charge on any atom is 0.319 e. The van der Waals surface area contributed by atoms with Crippen molar-refractivity contribution in [3.63, 3.8) is 0 Å². The van der Waals surface area contributed by atoms with E-state index in [1.165, 1.54) is 0 Å². The zero-order chi connectivity index (χ0) is 20.6. The Morgan fingerprint density at radius 3 is 2.55 bits per heavy atom. The highest BCUT2D eigenvalue weighted by Crippen LogP contribution is 2.18. The molecule has 0 saturated carbocycles. The third-order valence-electron chi connectivity index (χ3n) is 5.82. The first-order valence-corrected chi connectivity index (χ1v) is 10.8. The van der Waals surface area contributed by atoms with Crippen LogP contribution < -0.4 is 15.4 Å². The lowest BCUT2D eigenvalue weighted by Gasteiger charge is -2.39. The summed E-state index contributed by atoms with van der Waals surface area (Å²) >= 11 is 0. The van der Waals surface area contributed by atoms with Gasteiger partial charge < -0.3 is 25.0 Å². The molecule has 2 atom stereocenters. The van der Waals surface area contributed by atoms with Crippen LogP contribution >= 0.6 is 0 Å². The molecule has 0 bridgehead atoms. The van der Waals surface area contributed by atoms with Gasteiger partial charge in [-0.1, -0.05) is 13.8 Å². The second-order valence-corrected chi connectivity index (χ2v) is 8.46. The van der Waals surface area contributed by atoms with Crippen molar-refractivity contribution in [3.05, 3.63) is 24.3 Å². The molecule has 2 N–H and O–H groups in total. The van der Waals surface area contributed by atoms with Gasteiger partial charge in [0.05, 0.1) is 6.10 Å². The van der Waals surface area contributed by atoms with Gasteiger partial charge in [-0.05, 0) is 50.1 Å². The number of nitrogens with one attached hydrogen (secondary N) is 2. The van der Waals surface area contributed by atoms with Crippen molar-refractivity contribution < 1.29 is 14.3 Å². The molecule has 29 heavy (non-hydrogen) atoms. The summed E-state index contributed by atoms with van der Waals surface area (Å²) in [5, 5.41) is 5.96. The van der Waals surface area contributed by atoms with E-state index in [0.717, 1.165) is 57.1 Å². The summed E-state index contributed by atoms with van der Waals surface area (Å²) in [5.74, 6) is 1.28. The van der Waals surface area contributed by atoms with E-state index in [9.17, 15) is 4.79 Å². The van der Waals surface area contributed by atoms with Gasteiger partial charge in [-0.25, -0.2) is 4.79 Å². The van der Waals surface area contributed by atoms with Gasteiger partial charge in [0.15, 0.2) is 0 Å². The number of nitrogens with zero attached hydrogens (tertiary/aromatic N) is 2. The summed E-state index contributed by atoms with van der Waals surface area (Å²) in [6.07, 6.45) is 2.37. The third-order valence-corrected chi connectivity index (χ3v) is 5.82. The Hall–Kier alpha value is -1.83. The summed E-state index contributed by atoms with van der Waals surface area (Å²) in [7, 11) is 2.16. The maximum atomic E-state index is 12.4. The number of hydrogen-bond donors (Lipinski definition) is 2. The Morgan fingerprint density at radius 1 is 1.21 bits per heavy atom. The van der Waals surface area contributed by atoms with E-state index >= 15 is 0 Å². The summed E-state index contributed by atoms with van der Waals surface area (Å²) in [4.78, 5) is 17.2. The summed E-state index contributed by atoms with van der Waals surface area (Å²) in [6, 6.07) is 7.67. The lowest BCUT2D eigenvalue weighted by molar-refractivity contribution is 0.0679. The molecular weight excluding hydrogens is 368 g/mol. The molecule has 2 aliphatic rings. The van der Waals surface area contributed by atoms with Gasteiger partial charge in [-0.3, -0.25) is 4.90 Å². The minimum Gasteiger partial charge on any atom is -0.491 e. The van der Waals surface area contributed by atoms with Gasteiger partial charge in [0, 0.05) is 51.1 Å². The molecule has 0 aliphatic carbocycles. The van der Waals surface area contributed by atoms with Crippen LogP contribution in [0, 0.1) is 5.92 Å². The van der Waals surface area contributed by atoms with Crippen molar-refractivity contribution in [2.75, 3.05) is 58.3 Å². The van der Waals surface area contributed by atoms with Crippen LogP contribution in [0.2, 0.25) is 0 Å². The number of amides is 2. The number of carbonyl (C=O) groups excluding carboxylic acids is 1. The largest absolute Gasteiger partial charge is 0.491 e. The smallest absolute Gasteiger partial charge is 0.319 e. The van der Waals surface area contributed by atoms with Crippen molar-refractivity contribution in [1.82, 2.24) is 15.1 Å². The van der Waals surface area contributed by atoms with Gasteiger partial charge >= 0.3 is 6.03 Å². The van der Waals surface area contributed by atoms with Gasteiger partial charge in [0.25, 0.3) is 0 Å². The SMILES string of the molecule is CC(C)C(CNC(=O)Nc1ccc(OCC2CCCO2)cc1)N1CCN(C)CC1. The number of carbonyl (C=O) groups is 1. The van der Waals surface area contributed by atoms with E-state index in [0.29, 0.717) is 25.1 Å².